The smallest absolute Gasteiger partial charge is 0.305 e. The Kier molecular flexibility index (Phi) is 8.52. The molecule has 0 radical (unpaired) electrons. The average Bonchev–Trinajstić information content (AvgIpc) is 2.30. The van der Waals surface area contributed by atoms with Crippen LogP contribution in [0.3, 0.4) is 0 Å². The molecule has 0 unspecified atom stereocenters. The van der Waals surface area contributed by atoms with E-state index in [1.54, 1.807) is 11.9 Å². The van der Waals surface area contributed by atoms with Crippen LogP contribution in [-0.2, 0) is 14.3 Å². The zero-order valence-corrected chi connectivity index (χ0v) is 10.1. The van der Waals surface area contributed by atoms with Crippen molar-refractivity contribution in [1.82, 2.24) is 4.90 Å². The third kappa shape index (κ3) is 7.23. The molecule has 16 heavy (non-hydrogen) atoms. The van der Waals surface area contributed by atoms with Crippen LogP contribution in [0.5, 0.6) is 0 Å². The number of unbranched alkanes of at least 4 members (excludes halogenated alkanes) is 1. The molecule has 0 saturated carbocycles. The highest BCUT2D eigenvalue weighted by Gasteiger charge is 2.08. The number of hydrogen-bond acceptors (Lipinski definition) is 4. The van der Waals surface area contributed by atoms with Crippen LogP contribution in [0.2, 0.25) is 0 Å². The number of ether oxygens (including phenoxy) is 1. The van der Waals surface area contributed by atoms with Gasteiger partial charge in [-0.2, -0.15) is 0 Å². The summed E-state index contributed by atoms with van der Waals surface area (Å²) in [6.45, 7) is 0.673. The van der Waals surface area contributed by atoms with Gasteiger partial charge in [0.05, 0.1) is 7.11 Å². The first-order chi connectivity index (χ1) is 7.61. The van der Waals surface area contributed by atoms with Crippen molar-refractivity contribution in [3.05, 3.63) is 0 Å². The van der Waals surface area contributed by atoms with E-state index < -0.39 is 0 Å². The molecule has 1 N–H and O–H groups in total. The first-order valence-corrected chi connectivity index (χ1v) is 5.53. The lowest BCUT2D eigenvalue weighted by Crippen LogP contribution is -2.27. The molecule has 0 aromatic rings. The summed E-state index contributed by atoms with van der Waals surface area (Å²) < 4.78 is 4.50. The summed E-state index contributed by atoms with van der Waals surface area (Å²) in [6.07, 6.45) is 2.77. The second-order valence-electron chi connectivity index (χ2n) is 3.68. The van der Waals surface area contributed by atoms with Gasteiger partial charge in [-0.3, -0.25) is 9.59 Å². The van der Waals surface area contributed by atoms with Gasteiger partial charge in [0, 0.05) is 33.0 Å². The van der Waals surface area contributed by atoms with Crippen LogP contribution in [0.15, 0.2) is 0 Å². The van der Waals surface area contributed by atoms with Gasteiger partial charge in [0.15, 0.2) is 0 Å². The van der Waals surface area contributed by atoms with E-state index in [-0.39, 0.29) is 18.5 Å². The van der Waals surface area contributed by atoms with Gasteiger partial charge in [0.1, 0.15) is 0 Å². The minimum Gasteiger partial charge on any atom is -0.469 e. The van der Waals surface area contributed by atoms with Gasteiger partial charge in [-0.05, 0) is 19.3 Å². The molecule has 5 heteroatoms. The summed E-state index contributed by atoms with van der Waals surface area (Å²) >= 11 is 0. The monoisotopic (exact) mass is 231 g/mol. The molecule has 0 aliphatic heterocycles. The first kappa shape index (κ1) is 14.9. The Morgan fingerprint density at radius 3 is 2.38 bits per heavy atom. The summed E-state index contributed by atoms with van der Waals surface area (Å²) in [6, 6.07) is 0. The van der Waals surface area contributed by atoms with E-state index in [1.165, 1.54) is 7.11 Å². The lowest BCUT2D eigenvalue weighted by Gasteiger charge is -2.16. The lowest BCUT2D eigenvalue weighted by atomic mass is 10.2. The molecule has 1 amide bonds. The third-order valence-corrected chi connectivity index (χ3v) is 2.33. The third-order valence-electron chi connectivity index (χ3n) is 2.33. The van der Waals surface area contributed by atoms with Gasteiger partial charge in [-0.1, -0.05) is 0 Å². The van der Waals surface area contributed by atoms with Gasteiger partial charge in [-0.25, -0.2) is 0 Å². The molecule has 0 aromatic heterocycles. The molecule has 0 bridgehead atoms. The molecule has 0 atom stereocenters. The highest BCUT2D eigenvalue weighted by molar-refractivity contribution is 5.75. The van der Waals surface area contributed by atoms with Crippen molar-refractivity contribution >= 4 is 11.9 Å². The van der Waals surface area contributed by atoms with E-state index in [0.717, 1.165) is 0 Å². The first-order valence-electron chi connectivity index (χ1n) is 5.53. The Bertz CT molecular complexity index is 218. The number of amides is 1. The Hall–Kier alpha value is -1.10. The standard InChI is InChI=1S/C11H21NO4/c1-12(8-5-9-13)10(14)6-3-4-7-11(15)16-2/h13H,3-9H2,1-2H3. The maximum absolute atomic E-state index is 11.5. The maximum atomic E-state index is 11.5. The molecule has 0 heterocycles. The molecule has 0 rings (SSSR count). The van der Waals surface area contributed by atoms with E-state index in [0.29, 0.717) is 38.6 Å². The number of aliphatic hydroxyl groups excluding tert-OH is 1. The molecule has 0 aliphatic rings. The number of carbonyl (C=O) groups excluding carboxylic acids is 2. The zero-order chi connectivity index (χ0) is 12.4. The molecule has 94 valence electrons. The van der Waals surface area contributed by atoms with Crippen LogP contribution in [0.1, 0.15) is 32.1 Å². The van der Waals surface area contributed by atoms with E-state index in [1.807, 2.05) is 0 Å². The van der Waals surface area contributed by atoms with E-state index >= 15 is 0 Å². The van der Waals surface area contributed by atoms with Gasteiger partial charge in [0.25, 0.3) is 0 Å². The lowest BCUT2D eigenvalue weighted by molar-refractivity contribution is -0.141. The summed E-state index contributed by atoms with van der Waals surface area (Å²) in [4.78, 5) is 23.9. The average molecular weight is 231 g/mol. The summed E-state index contributed by atoms with van der Waals surface area (Å²) in [5.74, 6) is -0.181. The summed E-state index contributed by atoms with van der Waals surface area (Å²) in [7, 11) is 3.08. The number of aliphatic hydroxyl groups is 1. The molecule has 0 aliphatic carbocycles. The number of esters is 1. The number of hydrogen-bond donors (Lipinski definition) is 1. The fourth-order valence-corrected chi connectivity index (χ4v) is 1.27. The number of methoxy groups -OCH3 is 1. The van der Waals surface area contributed by atoms with Gasteiger partial charge < -0.3 is 14.7 Å². The molecule has 0 aromatic carbocycles. The van der Waals surface area contributed by atoms with Crippen molar-refractivity contribution in [3.8, 4) is 0 Å². The van der Waals surface area contributed by atoms with Crippen molar-refractivity contribution in [3.63, 3.8) is 0 Å². The number of nitrogens with zero attached hydrogens (tertiary/aromatic N) is 1. The highest BCUT2D eigenvalue weighted by atomic mass is 16.5. The predicted molar refractivity (Wildman–Crippen MR) is 59.8 cm³/mol. The van der Waals surface area contributed by atoms with Crippen molar-refractivity contribution < 1.29 is 19.4 Å². The van der Waals surface area contributed by atoms with Crippen molar-refractivity contribution in [2.24, 2.45) is 0 Å². The number of rotatable bonds is 8. The number of carbonyl (C=O) groups is 2. The molecular formula is C11H21NO4. The SMILES string of the molecule is COC(=O)CCCCC(=O)N(C)CCCO. The minimum atomic E-state index is -0.235. The van der Waals surface area contributed by atoms with Crippen LogP contribution in [-0.4, -0.2) is 49.2 Å². The van der Waals surface area contributed by atoms with E-state index in [4.69, 9.17) is 5.11 Å². The molecule has 0 spiro atoms. The molecule has 5 nitrogen and oxygen atoms in total. The van der Waals surface area contributed by atoms with Crippen LogP contribution >= 0.6 is 0 Å². The van der Waals surface area contributed by atoms with Crippen molar-refractivity contribution in [1.29, 1.82) is 0 Å². The Labute approximate surface area is 96.4 Å². The van der Waals surface area contributed by atoms with Gasteiger partial charge >= 0.3 is 5.97 Å². The largest absolute Gasteiger partial charge is 0.469 e. The second-order valence-corrected chi connectivity index (χ2v) is 3.68. The van der Waals surface area contributed by atoms with Crippen molar-refractivity contribution in [2.75, 3.05) is 27.3 Å². The molecular weight excluding hydrogens is 210 g/mol. The second kappa shape index (κ2) is 9.15. The Morgan fingerprint density at radius 1 is 1.19 bits per heavy atom. The van der Waals surface area contributed by atoms with Crippen LogP contribution < -0.4 is 0 Å². The Morgan fingerprint density at radius 2 is 1.81 bits per heavy atom. The summed E-state index contributed by atoms with van der Waals surface area (Å²) in [5, 5.41) is 8.61. The van der Waals surface area contributed by atoms with E-state index in [9.17, 15) is 9.59 Å². The fourth-order valence-electron chi connectivity index (χ4n) is 1.27. The Balaban J connectivity index is 3.53. The quantitative estimate of drug-likeness (QED) is 0.489. The molecule has 0 saturated heterocycles. The normalized spacial score (nSPS) is 9.94. The highest BCUT2D eigenvalue weighted by Crippen LogP contribution is 2.03. The van der Waals surface area contributed by atoms with Gasteiger partial charge in [0.2, 0.25) is 5.91 Å². The topological polar surface area (TPSA) is 66.8 Å². The van der Waals surface area contributed by atoms with Crippen LogP contribution in [0, 0.1) is 0 Å². The minimum absolute atomic E-state index is 0.0540. The van der Waals surface area contributed by atoms with E-state index in [2.05, 4.69) is 4.74 Å². The predicted octanol–water partition coefficient (Wildman–Crippen LogP) is 0.561. The summed E-state index contributed by atoms with van der Waals surface area (Å²) in [5.41, 5.74) is 0. The molecule has 0 fully saturated rings. The fraction of sp³-hybridized carbons (Fsp3) is 0.818. The maximum Gasteiger partial charge on any atom is 0.305 e. The van der Waals surface area contributed by atoms with Crippen LogP contribution in [0.25, 0.3) is 0 Å². The zero-order valence-electron chi connectivity index (χ0n) is 10.1. The van der Waals surface area contributed by atoms with Gasteiger partial charge in [-0.15, -0.1) is 0 Å². The van der Waals surface area contributed by atoms with Crippen LogP contribution in [0.4, 0.5) is 0 Å². The van der Waals surface area contributed by atoms with Crippen molar-refractivity contribution in [2.45, 2.75) is 32.1 Å².